The molecule has 6 nitrogen and oxygen atoms in total. The Balaban J connectivity index is 0.000000765. The highest BCUT2D eigenvalue weighted by atomic mass is 79.9. The van der Waals surface area contributed by atoms with Gasteiger partial charge in [0, 0.05) is 13.3 Å². The molecule has 0 heterocycles. The van der Waals surface area contributed by atoms with E-state index in [1.807, 2.05) is 60.7 Å². The Morgan fingerprint density at radius 3 is 1.92 bits per heavy atom. The van der Waals surface area contributed by atoms with E-state index in [1.54, 1.807) is 0 Å². The number of carbonyl (C=O) groups excluding carboxylic acids is 2. The third-order valence-electron chi connectivity index (χ3n) is 3.09. The number of carboxylic acid groups (broad SMARTS) is 1. The number of aliphatic carboxylic acids is 1. The maximum Gasteiger partial charge on any atom is 0.408 e. The first-order valence-electron chi connectivity index (χ1n) is 7.78. The fraction of sp³-hybridized carbons (Fsp3) is 0.211. The van der Waals surface area contributed by atoms with Crippen LogP contribution >= 0.6 is 15.9 Å². The molecule has 0 saturated heterocycles. The van der Waals surface area contributed by atoms with Gasteiger partial charge in [-0.1, -0.05) is 60.7 Å². The molecular formula is C19H20BrNO5. The van der Waals surface area contributed by atoms with Gasteiger partial charge in [0.25, 0.3) is 0 Å². The van der Waals surface area contributed by atoms with Crippen molar-refractivity contribution in [3.63, 3.8) is 0 Å². The van der Waals surface area contributed by atoms with Gasteiger partial charge in [0.05, 0.1) is 0 Å². The first-order valence-corrected chi connectivity index (χ1v) is 8.57. The van der Waals surface area contributed by atoms with E-state index < -0.39 is 18.1 Å². The molecule has 1 amide bonds. The van der Waals surface area contributed by atoms with Crippen LogP contribution in [0.25, 0.3) is 0 Å². The van der Waals surface area contributed by atoms with E-state index in [4.69, 9.17) is 4.74 Å². The predicted octanol–water partition coefficient (Wildman–Crippen LogP) is 3.54. The number of nitrogens with one attached hydrogen (secondary N) is 1. The number of carbonyl (C=O) groups is 3. The molecule has 0 radical (unpaired) electrons. The van der Waals surface area contributed by atoms with E-state index in [1.165, 1.54) is 6.92 Å². The number of halogens is 1. The Bertz CT molecular complexity index is 702. The summed E-state index contributed by atoms with van der Waals surface area (Å²) in [7, 11) is 0. The number of hydrogen-bond acceptors (Lipinski definition) is 4. The zero-order valence-corrected chi connectivity index (χ0v) is 15.8. The molecule has 26 heavy (non-hydrogen) atoms. The standard InChI is InChI=1S/C17H17NO4.C2H3BrO/c19-16(20)15(11-13-7-3-1-4-8-13)18-17(21)22-12-14-9-5-2-6-10-14;1-2(3)4/h1-10,15H,11-12H2,(H,18,21)(H,19,20);1H3/t15-;/m0./s1. The average Bonchev–Trinajstić information content (AvgIpc) is 2.60. The molecule has 138 valence electrons. The zero-order valence-electron chi connectivity index (χ0n) is 14.2. The molecule has 0 aliphatic heterocycles. The summed E-state index contributed by atoms with van der Waals surface area (Å²) in [6.45, 7) is 1.55. The highest BCUT2D eigenvalue weighted by Crippen LogP contribution is 2.05. The molecule has 7 heteroatoms. The summed E-state index contributed by atoms with van der Waals surface area (Å²) in [6, 6.07) is 17.3. The highest BCUT2D eigenvalue weighted by Gasteiger charge is 2.21. The quantitative estimate of drug-likeness (QED) is 0.695. The van der Waals surface area contributed by atoms with Gasteiger partial charge in [-0.25, -0.2) is 9.59 Å². The van der Waals surface area contributed by atoms with Crippen molar-refractivity contribution in [2.24, 2.45) is 0 Å². The summed E-state index contributed by atoms with van der Waals surface area (Å²) >= 11 is 2.63. The number of carboxylic acids is 1. The first kappa shape index (κ1) is 21.4. The third kappa shape index (κ3) is 9.58. The maximum absolute atomic E-state index is 11.7. The molecule has 2 aromatic carbocycles. The zero-order chi connectivity index (χ0) is 19.4. The van der Waals surface area contributed by atoms with Crippen LogP contribution < -0.4 is 5.32 Å². The monoisotopic (exact) mass is 421 g/mol. The second kappa shape index (κ2) is 11.8. The molecule has 0 aromatic heterocycles. The Kier molecular flexibility index (Phi) is 9.71. The number of benzene rings is 2. The summed E-state index contributed by atoms with van der Waals surface area (Å²) in [4.78, 5) is 32.3. The third-order valence-corrected chi connectivity index (χ3v) is 3.09. The first-order chi connectivity index (χ1) is 12.4. The molecule has 0 spiro atoms. The van der Waals surface area contributed by atoms with Crippen molar-refractivity contribution in [1.82, 2.24) is 5.32 Å². The minimum atomic E-state index is -1.10. The van der Waals surface area contributed by atoms with Gasteiger partial charge in [0.15, 0.2) is 4.69 Å². The summed E-state index contributed by atoms with van der Waals surface area (Å²) in [5.41, 5.74) is 1.67. The average molecular weight is 422 g/mol. The van der Waals surface area contributed by atoms with Gasteiger partial charge < -0.3 is 15.2 Å². The largest absolute Gasteiger partial charge is 0.480 e. The number of alkyl carbamates (subject to hydrolysis) is 1. The smallest absolute Gasteiger partial charge is 0.408 e. The normalized spacial score (nSPS) is 10.7. The van der Waals surface area contributed by atoms with Crippen molar-refractivity contribution in [2.45, 2.75) is 26.0 Å². The predicted molar refractivity (Wildman–Crippen MR) is 101 cm³/mol. The molecule has 0 bridgehead atoms. The Hall–Kier alpha value is -2.67. The molecule has 2 N–H and O–H groups in total. The van der Waals surface area contributed by atoms with Gasteiger partial charge in [0.2, 0.25) is 0 Å². The van der Waals surface area contributed by atoms with Crippen LogP contribution in [0.1, 0.15) is 18.1 Å². The van der Waals surface area contributed by atoms with Crippen molar-refractivity contribution in [1.29, 1.82) is 0 Å². The van der Waals surface area contributed by atoms with Gasteiger partial charge in [-0.05, 0) is 27.1 Å². The molecular weight excluding hydrogens is 402 g/mol. The van der Waals surface area contributed by atoms with Crippen LogP contribution in [0.15, 0.2) is 60.7 Å². The van der Waals surface area contributed by atoms with Gasteiger partial charge in [-0.2, -0.15) is 0 Å². The lowest BCUT2D eigenvalue weighted by Gasteiger charge is -2.14. The van der Waals surface area contributed by atoms with Gasteiger partial charge >= 0.3 is 12.1 Å². The number of hydrogen-bond donors (Lipinski definition) is 2. The molecule has 0 aliphatic carbocycles. The van der Waals surface area contributed by atoms with Crippen LogP contribution in [0.4, 0.5) is 4.79 Å². The van der Waals surface area contributed by atoms with E-state index in [0.29, 0.717) is 0 Å². The molecule has 0 unspecified atom stereocenters. The molecule has 2 rings (SSSR count). The minimum Gasteiger partial charge on any atom is -0.480 e. The van der Waals surface area contributed by atoms with E-state index in [-0.39, 0.29) is 17.7 Å². The molecule has 2 aromatic rings. The SMILES string of the molecule is CC(=O)Br.O=C(N[C@@H](Cc1ccccc1)C(=O)O)OCc1ccccc1. The van der Waals surface area contributed by atoms with E-state index in [0.717, 1.165) is 11.1 Å². The number of ether oxygens (including phenoxy) is 1. The topological polar surface area (TPSA) is 92.7 Å². The Labute approximate surface area is 160 Å². The van der Waals surface area contributed by atoms with Crippen LogP contribution in [-0.4, -0.2) is 27.9 Å². The number of amides is 1. The second-order valence-corrected chi connectivity index (χ2v) is 6.37. The van der Waals surface area contributed by atoms with Gasteiger partial charge in [-0.15, -0.1) is 0 Å². The van der Waals surface area contributed by atoms with Crippen LogP contribution in [0.2, 0.25) is 0 Å². The maximum atomic E-state index is 11.7. The lowest BCUT2D eigenvalue weighted by molar-refractivity contribution is -0.139. The van der Waals surface area contributed by atoms with Gasteiger partial charge in [0.1, 0.15) is 12.6 Å². The molecule has 0 saturated carbocycles. The summed E-state index contributed by atoms with van der Waals surface area (Å²) in [5.74, 6) is -1.10. The fourth-order valence-electron chi connectivity index (χ4n) is 1.96. The fourth-order valence-corrected chi connectivity index (χ4v) is 1.96. The summed E-state index contributed by atoms with van der Waals surface area (Å²) < 4.78 is 5.01. The Morgan fingerprint density at radius 1 is 1.00 bits per heavy atom. The lowest BCUT2D eigenvalue weighted by atomic mass is 10.1. The van der Waals surface area contributed by atoms with Crippen molar-refractivity contribution in [3.8, 4) is 0 Å². The minimum absolute atomic E-state index is 0.0208. The van der Waals surface area contributed by atoms with Crippen LogP contribution in [0, 0.1) is 0 Å². The molecule has 0 fully saturated rings. The summed E-state index contributed by atoms with van der Waals surface area (Å²) in [6.07, 6.45) is -0.538. The molecule has 0 aliphatic rings. The van der Waals surface area contributed by atoms with E-state index >= 15 is 0 Å². The van der Waals surface area contributed by atoms with Crippen LogP contribution in [-0.2, 0) is 27.4 Å². The Morgan fingerprint density at radius 2 is 1.46 bits per heavy atom. The summed E-state index contributed by atoms with van der Waals surface area (Å²) in [5, 5.41) is 11.6. The van der Waals surface area contributed by atoms with E-state index in [9.17, 15) is 19.5 Å². The van der Waals surface area contributed by atoms with Crippen molar-refractivity contribution < 1.29 is 24.2 Å². The second-order valence-electron chi connectivity index (χ2n) is 5.26. The van der Waals surface area contributed by atoms with Crippen molar-refractivity contribution >= 4 is 32.7 Å². The lowest BCUT2D eigenvalue weighted by Crippen LogP contribution is -2.42. The van der Waals surface area contributed by atoms with Crippen LogP contribution in [0.5, 0.6) is 0 Å². The van der Waals surface area contributed by atoms with E-state index in [2.05, 4.69) is 21.2 Å². The van der Waals surface area contributed by atoms with Crippen LogP contribution in [0.3, 0.4) is 0 Å². The highest BCUT2D eigenvalue weighted by molar-refractivity contribution is 9.18. The van der Waals surface area contributed by atoms with Gasteiger partial charge in [-0.3, -0.25) is 4.79 Å². The van der Waals surface area contributed by atoms with Crippen molar-refractivity contribution in [3.05, 3.63) is 71.8 Å². The number of rotatable bonds is 6. The molecule has 1 atom stereocenters. The van der Waals surface area contributed by atoms with Crippen molar-refractivity contribution in [2.75, 3.05) is 0 Å².